The summed E-state index contributed by atoms with van der Waals surface area (Å²) < 4.78 is 0. The SMILES string of the molecule is CCc1cnc(C)nc1-c1cccc(C(=O)N2CCC[C@]3(CCN(C)C3)C2)c1. The average molecular weight is 379 g/mol. The van der Waals surface area contributed by atoms with Crippen LogP contribution in [0.1, 0.15) is 47.9 Å². The standard InChI is InChI=1S/C23H30N4O/c1-4-18-14-24-17(2)25-21(18)19-7-5-8-20(13-19)22(28)27-11-6-9-23(16-27)10-12-26(3)15-23/h5,7-8,13-14H,4,6,9-12,15-16H2,1-3H3/t23-/m1/s1. The van der Waals surface area contributed by atoms with Crippen molar-refractivity contribution in [2.45, 2.75) is 39.5 Å². The molecule has 0 aliphatic carbocycles. The molecular formula is C23H30N4O. The number of hydrogen-bond acceptors (Lipinski definition) is 4. The minimum Gasteiger partial charge on any atom is -0.338 e. The van der Waals surface area contributed by atoms with Gasteiger partial charge in [-0.2, -0.15) is 0 Å². The van der Waals surface area contributed by atoms with Gasteiger partial charge in [-0.1, -0.05) is 19.1 Å². The number of amides is 1. The zero-order valence-electron chi connectivity index (χ0n) is 17.2. The van der Waals surface area contributed by atoms with E-state index in [1.807, 2.05) is 37.4 Å². The second-order valence-electron chi connectivity index (χ2n) is 8.54. The maximum absolute atomic E-state index is 13.3. The number of rotatable bonds is 3. The van der Waals surface area contributed by atoms with Crippen LogP contribution >= 0.6 is 0 Å². The highest BCUT2D eigenvalue weighted by molar-refractivity contribution is 5.95. The van der Waals surface area contributed by atoms with Crippen LogP contribution in [0.4, 0.5) is 0 Å². The highest BCUT2D eigenvalue weighted by Crippen LogP contribution is 2.38. The first kappa shape index (κ1) is 19.1. The van der Waals surface area contributed by atoms with Crippen LogP contribution in [0.2, 0.25) is 0 Å². The van der Waals surface area contributed by atoms with Crippen LogP contribution in [0.5, 0.6) is 0 Å². The fraction of sp³-hybridized carbons (Fsp3) is 0.522. The van der Waals surface area contributed by atoms with Crippen LogP contribution in [0.3, 0.4) is 0 Å². The third-order valence-corrected chi connectivity index (χ3v) is 6.33. The van der Waals surface area contributed by atoms with Crippen molar-refractivity contribution in [3.8, 4) is 11.3 Å². The number of likely N-dealkylation sites (tertiary alicyclic amines) is 2. The molecule has 0 radical (unpaired) electrons. The molecule has 2 fully saturated rings. The third-order valence-electron chi connectivity index (χ3n) is 6.33. The van der Waals surface area contributed by atoms with Gasteiger partial charge in [0, 0.05) is 42.4 Å². The molecule has 1 aromatic heterocycles. The van der Waals surface area contributed by atoms with Gasteiger partial charge < -0.3 is 9.80 Å². The van der Waals surface area contributed by atoms with Crippen molar-refractivity contribution in [2.24, 2.45) is 5.41 Å². The molecule has 1 atom stereocenters. The molecule has 0 N–H and O–H groups in total. The predicted molar refractivity (Wildman–Crippen MR) is 111 cm³/mol. The molecule has 2 aliphatic rings. The molecule has 0 bridgehead atoms. The highest BCUT2D eigenvalue weighted by Gasteiger charge is 2.41. The average Bonchev–Trinajstić information content (AvgIpc) is 3.07. The maximum atomic E-state index is 13.3. The van der Waals surface area contributed by atoms with Crippen molar-refractivity contribution >= 4 is 5.91 Å². The topological polar surface area (TPSA) is 49.3 Å². The Morgan fingerprint density at radius 1 is 1.21 bits per heavy atom. The van der Waals surface area contributed by atoms with Gasteiger partial charge in [0.15, 0.2) is 0 Å². The molecule has 4 rings (SSSR count). The Morgan fingerprint density at radius 3 is 2.82 bits per heavy atom. The molecule has 1 spiro atoms. The van der Waals surface area contributed by atoms with Gasteiger partial charge in [0.05, 0.1) is 5.69 Å². The summed E-state index contributed by atoms with van der Waals surface area (Å²) in [6.45, 7) is 8.01. The summed E-state index contributed by atoms with van der Waals surface area (Å²) in [5.74, 6) is 0.909. The van der Waals surface area contributed by atoms with E-state index in [2.05, 4.69) is 33.7 Å². The number of aromatic nitrogens is 2. The van der Waals surface area contributed by atoms with Crippen molar-refractivity contribution in [1.29, 1.82) is 0 Å². The van der Waals surface area contributed by atoms with E-state index in [4.69, 9.17) is 0 Å². The lowest BCUT2D eigenvalue weighted by Gasteiger charge is -2.40. The van der Waals surface area contributed by atoms with Gasteiger partial charge in [-0.25, -0.2) is 9.97 Å². The largest absolute Gasteiger partial charge is 0.338 e. The number of nitrogens with zero attached hydrogens (tertiary/aromatic N) is 4. The minimum absolute atomic E-state index is 0.152. The van der Waals surface area contributed by atoms with Crippen LogP contribution in [-0.4, -0.2) is 58.9 Å². The number of aryl methyl sites for hydroxylation is 2. The van der Waals surface area contributed by atoms with Gasteiger partial charge >= 0.3 is 0 Å². The summed E-state index contributed by atoms with van der Waals surface area (Å²) in [7, 11) is 2.19. The molecule has 2 aromatic rings. The first-order valence-corrected chi connectivity index (χ1v) is 10.4. The summed E-state index contributed by atoms with van der Waals surface area (Å²) >= 11 is 0. The number of carbonyl (C=O) groups is 1. The van der Waals surface area contributed by atoms with E-state index in [9.17, 15) is 4.79 Å². The number of carbonyl (C=O) groups excluding carboxylic acids is 1. The second kappa shape index (κ2) is 7.63. The summed E-state index contributed by atoms with van der Waals surface area (Å²) in [6, 6.07) is 7.96. The molecule has 5 nitrogen and oxygen atoms in total. The zero-order valence-corrected chi connectivity index (χ0v) is 17.2. The fourth-order valence-electron chi connectivity index (χ4n) is 4.86. The number of benzene rings is 1. The normalized spacial score (nSPS) is 22.8. The van der Waals surface area contributed by atoms with E-state index in [0.29, 0.717) is 5.41 Å². The van der Waals surface area contributed by atoms with Crippen molar-refractivity contribution in [2.75, 3.05) is 33.2 Å². The highest BCUT2D eigenvalue weighted by atomic mass is 16.2. The molecule has 28 heavy (non-hydrogen) atoms. The van der Waals surface area contributed by atoms with Crippen LogP contribution in [-0.2, 0) is 6.42 Å². The van der Waals surface area contributed by atoms with Gasteiger partial charge in [0.25, 0.3) is 5.91 Å². The molecular weight excluding hydrogens is 348 g/mol. The Morgan fingerprint density at radius 2 is 2.07 bits per heavy atom. The van der Waals surface area contributed by atoms with Gasteiger partial charge in [-0.3, -0.25) is 4.79 Å². The summed E-state index contributed by atoms with van der Waals surface area (Å²) in [4.78, 5) is 26.8. The van der Waals surface area contributed by atoms with Crippen molar-refractivity contribution in [3.05, 3.63) is 47.4 Å². The lowest BCUT2D eigenvalue weighted by atomic mass is 9.79. The Labute approximate surface area is 167 Å². The van der Waals surface area contributed by atoms with E-state index in [1.165, 1.54) is 12.8 Å². The Kier molecular flexibility index (Phi) is 5.19. The van der Waals surface area contributed by atoms with E-state index in [1.54, 1.807) is 0 Å². The first-order chi connectivity index (χ1) is 13.5. The van der Waals surface area contributed by atoms with Gasteiger partial charge in [0.2, 0.25) is 0 Å². The zero-order chi connectivity index (χ0) is 19.7. The van der Waals surface area contributed by atoms with Gasteiger partial charge in [-0.15, -0.1) is 0 Å². The smallest absolute Gasteiger partial charge is 0.253 e. The van der Waals surface area contributed by atoms with Crippen LogP contribution in [0.25, 0.3) is 11.3 Å². The Balaban J connectivity index is 1.59. The van der Waals surface area contributed by atoms with E-state index in [-0.39, 0.29) is 5.91 Å². The number of hydrogen-bond donors (Lipinski definition) is 0. The van der Waals surface area contributed by atoms with Gasteiger partial charge in [0.1, 0.15) is 5.82 Å². The van der Waals surface area contributed by atoms with Crippen molar-refractivity contribution < 1.29 is 4.79 Å². The first-order valence-electron chi connectivity index (χ1n) is 10.4. The van der Waals surface area contributed by atoms with E-state index in [0.717, 1.165) is 67.2 Å². The summed E-state index contributed by atoms with van der Waals surface area (Å²) in [6.07, 6.45) is 6.31. The molecule has 2 saturated heterocycles. The fourth-order valence-corrected chi connectivity index (χ4v) is 4.86. The van der Waals surface area contributed by atoms with Crippen molar-refractivity contribution in [1.82, 2.24) is 19.8 Å². The predicted octanol–water partition coefficient (Wildman–Crippen LogP) is 3.57. The lowest BCUT2D eigenvalue weighted by Crippen LogP contribution is -2.47. The third kappa shape index (κ3) is 3.68. The molecule has 3 heterocycles. The van der Waals surface area contributed by atoms with Crippen LogP contribution < -0.4 is 0 Å². The van der Waals surface area contributed by atoms with Gasteiger partial charge in [-0.05, 0) is 63.9 Å². The Bertz CT molecular complexity index is 877. The molecule has 1 aromatic carbocycles. The monoisotopic (exact) mass is 378 g/mol. The maximum Gasteiger partial charge on any atom is 0.253 e. The second-order valence-corrected chi connectivity index (χ2v) is 8.54. The Hall–Kier alpha value is -2.27. The molecule has 2 aliphatic heterocycles. The van der Waals surface area contributed by atoms with Crippen molar-refractivity contribution in [3.63, 3.8) is 0 Å². The van der Waals surface area contributed by atoms with Crippen LogP contribution in [0.15, 0.2) is 30.5 Å². The minimum atomic E-state index is 0.152. The van der Waals surface area contributed by atoms with E-state index < -0.39 is 0 Å². The molecule has 148 valence electrons. The molecule has 5 heteroatoms. The van der Waals surface area contributed by atoms with Crippen LogP contribution in [0, 0.1) is 12.3 Å². The quantitative estimate of drug-likeness (QED) is 0.819. The summed E-state index contributed by atoms with van der Waals surface area (Å²) in [5.41, 5.74) is 4.11. The molecule has 1 amide bonds. The lowest BCUT2D eigenvalue weighted by molar-refractivity contribution is 0.0534. The summed E-state index contributed by atoms with van der Waals surface area (Å²) in [5, 5.41) is 0. The molecule has 0 saturated carbocycles. The van der Waals surface area contributed by atoms with E-state index >= 15 is 0 Å². The molecule has 0 unspecified atom stereocenters. The number of piperidine rings is 1.